The zero-order chi connectivity index (χ0) is 15.9. The van der Waals surface area contributed by atoms with Crippen LogP contribution in [0.15, 0.2) is 18.2 Å². The lowest BCUT2D eigenvalue weighted by Gasteiger charge is -2.21. The Morgan fingerprint density at radius 2 is 1.74 bits per heavy atom. The number of hydrogen-bond donors (Lipinski definition) is 1. The van der Waals surface area contributed by atoms with Crippen molar-refractivity contribution in [2.75, 3.05) is 26.2 Å². The van der Waals surface area contributed by atoms with Crippen LogP contribution in [0.2, 0.25) is 0 Å². The van der Waals surface area contributed by atoms with Gasteiger partial charge in [-0.25, -0.2) is 4.79 Å². The van der Waals surface area contributed by atoms with Gasteiger partial charge in [0, 0.05) is 13.1 Å². The molecule has 1 fully saturated rings. The van der Waals surface area contributed by atoms with Crippen molar-refractivity contribution in [3.63, 3.8) is 0 Å². The fourth-order valence-corrected chi connectivity index (χ4v) is 3.51. The zero-order valence-electron chi connectivity index (χ0n) is 14.0. The first kappa shape index (κ1) is 16.2. The molecule has 1 aromatic carbocycles. The maximum Gasteiger partial charge on any atom is 0.317 e. The summed E-state index contributed by atoms with van der Waals surface area (Å²) in [6, 6.07) is 6.48. The first-order chi connectivity index (χ1) is 11.3. The van der Waals surface area contributed by atoms with Gasteiger partial charge in [0.15, 0.2) is 0 Å². The number of ether oxygens (including phenoxy) is 1. The van der Waals surface area contributed by atoms with Gasteiger partial charge in [0.2, 0.25) is 0 Å². The Morgan fingerprint density at radius 3 is 2.52 bits per heavy atom. The molecule has 0 aromatic heterocycles. The summed E-state index contributed by atoms with van der Waals surface area (Å²) in [5.41, 5.74) is 2.90. The molecule has 1 saturated heterocycles. The quantitative estimate of drug-likeness (QED) is 0.863. The van der Waals surface area contributed by atoms with Crippen molar-refractivity contribution < 1.29 is 9.53 Å². The number of nitrogens with zero attached hydrogens (tertiary/aromatic N) is 1. The highest BCUT2D eigenvalue weighted by Crippen LogP contribution is 2.25. The molecule has 1 aliphatic carbocycles. The van der Waals surface area contributed by atoms with E-state index in [1.54, 1.807) is 0 Å². The Morgan fingerprint density at radius 1 is 1.00 bits per heavy atom. The third-order valence-corrected chi connectivity index (χ3v) is 4.86. The van der Waals surface area contributed by atoms with Gasteiger partial charge in [-0.1, -0.05) is 18.9 Å². The molecule has 0 saturated carbocycles. The largest absolute Gasteiger partial charge is 0.492 e. The third kappa shape index (κ3) is 4.63. The summed E-state index contributed by atoms with van der Waals surface area (Å²) < 4.78 is 5.80. The van der Waals surface area contributed by atoms with E-state index in [9.17, 15) is 4.79 Å². The first-order valence-corrected chi connectivity index (χ1v) is 9.10. The van der Waals surface area contributed by atoms with Crippen molar-refractivity contribution in [3.05, 3.63) is 29.3 Å². The Hall–Kier alpha value is -1.71. The second kappa shape index (κ2) is 8.23. The van der Waals surface area contributed by atoms with E-state index in [0.717, 1.165) is 38.1 Å². The highest BCUT2D eigenvalue weighted by atomic mass is 16.5. The van der Waals surface area contributed by atoms with Crippen LogP contribution in [-0.2, 0) is 12.8 Å². The highest BCUT2D eigenvalue weighted by Gasteiger charge is 2.14. The SMILES string of the molecule is O=C(NCCOc1ccc2c(c1)CCCC2)N1CCCCCC1. The molecule has 1 heterocycles. The van der Waals surface area contributed by atoms with Crippen molar-refractivity contribution in [1.29, 1.82) is 0 Å². The standard InChI is InChI=1S/C19H28N2O2/c22-19(21-12-5-1-2-6-13-21)20-11-14-23-18-10-9-16-7-3-4-8-17(16)15-18/h9-10,15H,1-8,11-14H2,(H,20,22). The Bertz CT molecular complexity index is 522. The number of aryl methyl sites for hydroxylation is 2. The Balaban J connectivity index is 1.40. The van der Waals surface area contributed by atoms with Crippen LogP contribution in [-0.4, -0.2) is 37.2 Å². The second-order valence-corrected chi connectivity index (χ2v) is 6.62. The molecular weight excluding hydrogens is 288 g/mol. The van der Waals surface area contributed by atoms with E-state index in [-0.39, 0.29) is 6.03 Å². The summed E-state index contributed by atoms with van der Waals surface area (Å²) in [4.78, 5) is 14.0. The molecule has 126 valence electrons. The summed E-state index contributed by atoms with van der Waals surface area (Å²) in [6.45, 7) is 2.86. The normalized spacial score (nSPS) is 18.0. The molecule has 0 radical (unpaired) electrons. The average molecular weight is 316 g/mol. The van der Waals surface area contributed by atoms with Gasteiger partial charge in [0.25, 0.3) is 0 Å². The van der Waals surface area contributed by atoms with E-state index >= 15 is 0 Å². The molecule has 0 unspecified atom stereocenters. The average Bonchev–Trinajstić information content (AvgIpc) is 2.88. The number of hydrogen-bond acceptors (Lipinski definition) is 2. The molecular formula is C19H28N2O2. The van der Waals surface area contributed by atoms with Gasteiger partial charge in [-0.15, -0.1) is 0 Å². The molecule has 1 aliphatic heterocycles. The molecule has 2 aliphatic rings. The minimum atomic E-state index is 0.0564. The van der Waals surface area contributed by atoms with Gasteiger partial charge < -0.3 is 15.0 Å². The number of carbonyl (C=O) groups is 1. The van der Waals surface area contributed by atoms with Crippen LogP contribution in [0.25, 0.3) is 0 Å². The summed E-state index contributed by atoms with van der Waals surface area (Å²) in [5.74, 6) is 0.926. The molecule has 0 atom stereocenters. The van der Waals surface area contributed by atoms with Crippen LogP contribution < -0.4 is 10.1 Å². The Labute approximate surface area is 139 Å². The van der Waals surface area contributed by atoms with Gasteiger partial charge in [-0.2, -0.15) is 0 Å². The lowest BCUT2D eigenvalue weighted by Crippen LogP contribution is -2.41. The summed E-state index contributed by atoms with van der Waals surface area (Å²) in [5, 5.41) is 2.97. The van der Waals surface area contributed by atoms with Crippen LogP contribution in [0.5, 0.6) is 5.75 Å². The molecule has 23 heavy (non-hydrogen) atoms. The number of likely N-dealkylation sites (tertiary alicyclic amines) is 1. The van der Waals surface area contributed by atoms with Crippen LogP contribution >= 0.6 is 0 Å². The molecule has 0 spiro atoms. The van der Waals surface area contributed by atoms with Crippen molar-refractivity contribution >= 4 is 6.03 Å². The number of rotatable bonds is 4. The topological polar surface area (TPSA) is 41.6 Å². The molecule has 3 rings (SSSR count). The third-order valence-electron chi connectivity index (χ3n) is 4.86. The number of carbonyl (C=O) groups excluding carboxylic acids is 1. The van der Waals surface area contributed by atoms with E-state index in [4.69, 9.17) is 4.74 Å². The van der Waals surface area contributed by atoms with Gasteiger partial charge in [0.05, 0.1) is 6.54 Å². The number of benzene rings is 1. The lowest BCUT2D eigenvalue weighted by atomic mass is 9.92. The fraction of sp³-hybridized carbons (Fsp3) is 0.632. The molecule has 0 bridgehead atoms. The van der Waals surface area contributed by atoms with Crippen LogP contribution in [0, 0.1) is 0 Å². The van der Waals surface area contributed by atoms with Crippen molar-refractivity contribution in [2.24, 2.45) is 0 Å². The van der Waals surface area contributed by atoms with Gasteiger partial charge in [0.1, 0.15) is 12.4 Å². The number of nitrogens with one attached hydrogen (secondary N) is 1. The van der Waals surface area contributed by atoms with Gasteiger partial charge in [-0.05, 0) is 61.8 Å². The summed E-state index contributed by atoms with van der Waals surface area (Å²) in [6.07, 6.45) is 9.67. The van der Waals surface area contributed by atoms with E-state index in [2.05, 4.69) is 23.5 Å². The van der Waals surface area contributed by atoms with Crippen molar-refractivity contribution in [1.82, 2.24) is 10.2 Å². The molecule has 4 nitrogen and oxygen atoms in total. The second-order valence-electron chi connectivity index (χ2n) is 6.62. The van der Waals surface area contributed by atoms with Crippen molar-refractivity contribution in [2.45, 2.75) is 51.4 Å². The van der Waals surface area contributed by atoms with E-state index in [0.29, 0.717) is 13.2 Å². The molecule has 2 amide bonds. The number of urea groups is 1. The van der Waals surface area contributed by atoms with Crippen molar-refractivity contribution in [3.8, 4) is 5.75 Å². The lowest BCUT2D eigenvalue weighted by molar-refractivity contribution is 0.196. The van der Waals surface area contributed by atoms with E-state index < -0.39 is 0 Å². The number of amides is 2. The van der Waals surface area contributed by atoms with Gasteiger partial charge in [-0.3, -0.25) is 0 Å². The van der Waals surface area contributed by atoms with Crippen LogP contribution in [0.4, 0.5) is 4.79 Å². The fourth-order valence-electron chi connectivity index (χ4n) is 3.51. The Kier molecular flexibility index (Phi) is 5.78. The zero-order valence-corrected chi connectivity index (χ0v) is 14.0. The smallest absolute Gasteiger partial charge is 0.317 e. The van der Waals surface area contributed by atoms with E-state index in [1.165, 1.54) is 43.2 Å². The predicted molar refractivity (Wildman–Crippen MR) is 92.0 cm³/mol. The summed E-state index contributed by atoms with van der Waals surface area (Å²) >= 11 is 0. The van der Waals surface area contributed by atoms with Crippen LogP contribution in [0.3, 0.4) is 0 Å². The highest BCUT2D eigenvalue weighted by molar-refractivity contribution is 5.74. The maximum absolute atomic E-state index is 12.1. The molecule has 4 heteroatoms. The summed E-state index contributed by atoms with van der Waals surface area (Å²) in [7, 11) is 0. The van der Waals surface area contributed by atoms with Crippen LogP contribution in [0.1, 0.15) is 49.7 Å². The monoisotopic (exact) mass is 316 g/mol. The minimum absolute atomic E-state index is 0.0564. The molecule has 1 N–H and O–H groups in total. The predicted octanol–water partition coefficient (Wildman–Crippen LogP) is 3.53. The minimum Gasteiger partial charge on any atom is -0.492 e. The maximum atomic E-state index is 12.1. The number of fused-ring (bicyclic) bond motifs is 1. The van der Waals surface area contributed by atoms with Gasteiger partial charge >= 0.3 is 6.03 Å². The molecule has 1 aromatic rings. The first-order valence-electron chi connectivity index (χ1n) is 9.10. The van der Waals surface area contributed by atoms with E-state index in [1.807, 2.05) is 4.90 Å².